The molecule has 0 fully saturated rings. The largest absolute Gasteiger partial charge is 0.461 e. The molecule has 0 bridgehead atoms. The maximum Gasteiger partial charge on any atom is 0.262 e. The van der Waals surface area contributed by atoms with Crippen molar-refractivity contribution in [2.45, 2.75) is 0 Å². The van der Waals surface area contributed by atoms with E-state index in [2.05, 4.69) is 9.97 Å². The van der Waals surface area contributed by atoms with Crippen LogP contribution in [0.3, 0.4) is 0 Å². The monoisotopic (exact) mass is 202 g/mol. The summed E-state index contributed by atoms with van der Waals surface area (Å²) in [5.74, 6) is 1.08. The molecule has 5 heteroatoms. The number of rotatable bonds is 1. The van der Waals surface area contributed by atoms with Gasteiger partial charge in [0.1, 0.15) is 5.39 Å². The summed E-state index contributed by atoms with van der Waals surface area (Å²) in [6, 6.07) is 5.12. The summed E-state index contributed by atoms with van der Waals surface area (Å²) in [4.78, 5) is 17.8. The molecule has 0 aromatic carbocycles. The average Bonchev–Trinajstić information content (AvgIpc) is 2.86. The van der Waals surface area contributed by atoms with Gasteiger partial charge >= 0.3 is 0 Å². The number of hydrogen-bond acceptors (Lipinski definition) is 4. The van der Waals surface area contributed by atoms with Crippen LogP contribution in [0, 0.1) is 0 Å². The summed E-state index contributed by atoms with van der Waals surface area (Å²) in [5.41, 5.74) is 0.0895. The van der Waals surface area contributed by atoms with E-state index in [-0.39, 0.29) is 5.56 Å². The summed E-state index contributed by atoms with van der Waals surface area (Å²) in [6.07, 6.45) is 2.85. The van der Waals surface area contributed by atoms with Gasteiger partial charge in [-0.05, 0) is 12.1 Å². The van der Waals surface area contributed by atoms with Crippen LogP contribution in [0.2, 0.25) is 0 Å². The van der Waals surface area contributed by atoms with Crippen molar-refractivity contribution >= 4 is 11.1 Å². The van der Waals surface area contributed by atoms with Gasteiger partial charge in [0.2, 0.25) is 5.71 Å². The fourth-order valence-electron chi connectivity index (χ4n) is 1.41. The molecule has 74 valence electrons. The second-order valence-electron chi connectivity index (χ2n) is 3.04. The molecule has 0 saturated heterocycles. The Hall–Kier alpha value is -2.30. The summed E-state index contributed by atoms with van der Waals surface area (Å²) < 4.78 is 10.5. The summed E-state index contributed by atoms with van der Waals surface area (Å²) in [7, 11) is 0. The van der Waals surface area contributed by atoms with Crippen molar-refractivity contribution in [1.82, 2.24) is 9.97 Å². The molecule has 0 aliphatic heterocycles. The fraction of sp³-hybridized carbons (Fsp3) is 0. The minimum atomic E-state index is -0.221. The first-order valence-electron chi connectivity index (χ1n) is 4.36. The van der Waals surface area contributed by atoms with Crippen molar-refractivity contribution in [3.05, 3.63) is 41.1 Å². The van der Waals surface area contributed by atoms with Gasteiger partial charge in [0, 0.05) is 6.07 Å². The van der Waals surface area contributed by atoms with Crippen LogP contribution in [-0.2, 0) is 0 Å². The lowest BCUT2D eigenvalue weighted by Gasteiger charge is -1.85. The molecule has 0 amide bonds. The van der Waals surface area contributed by atoms with Crippen molar-refractivity contribution in [2.24, 2.45) is 0 Å². The number of furan rings is 2. The van der Waals surface area contributed by atoms with Crippen LogP contribution in [0.5, 0.6) is 0 Å². The Labute approximate surface area is 83.4 Å². The predicted octanol–water partition coefficient (Wildman–Crippen LogP) is 1.78. The van der Waals surface area contributed by atoms with Crippen LogP contribution < -0.4 is 5.56 Å². The van der Waals surface area contributed by atoms with Gasteiger partial charge in [0.05, 0.1) is 12.6 Å². The Morgan fingerprint density at radius 3 is 3.00 bits per heavy atom. The van der Waals surface area contributed by atoms with E-state index in [0.717, 1.165) is 0 Å². The van der Waals surface area contributed by atoms with E-state index >= 15 is 0 Å². The lowest BCUT2D eigenvalue weighted by Crippen LogP contribution is -2.03. The second kappa shape index (κ2) is 2.84. The third-order valence-corrected chi connectivity index (χ3v) is 2.10. The highest BCUT2D eigenvalue weighted by molar-refractivity contribution is 5.77. The zero-order valence-corrected chi connectivity index (χ0v) is 7.56. The Bertz CT molecular complexity index is 649. The van der Waals surface area contributed by atoms with E-state index in [4.69, 9.17) is 8.83 Å². The number of nitrogens with zero attached hydrogens (tertiary/aromatic N) is 1. The van der Waals surface area contributed by atoms with Gasteiger partial charge in [-0.3, -0.25) is 4.79 Å². The van der Waals surface area contributed by atoms with E-state index in [1.165, 1.54) is 6.33 Å². The van der Waals surface area contributed by atoms with Crippen LogP contribution >= 0.6 is 0 Å². The molecule has 3 aromatic heterocycles. The van der Waals surface area contributed by atoms with Crippen molar-refractivity contribution in [3.63, 3.8) is 0 Å². The third kappa shape index (κ3) is 1.17. The van der Waals surface area contributed by atoms with Gasteiger partial charge in [0.15, 0.2) is 11.5 Å². The molecular weight excluding hydrogens is 196 g/mol. The Morgan fingerprint density at radius 2 is 2.27 bits per heavy atom. The van der Waals surface area contributed by atoms with Crippen LogP contribution in [0.4, 0.5) is 0 Å². The van der Waals surface area contributed by atoms with Crippen LogP contribution in [0.25, 0.3) is 22.6 Å². The first-order valence-corrected chi connectivity index (χ1v) is 4.36. The minimum Gasteiger partial charge on any atom is -0.461 e. The summed E-state index contributed by atoms with van der Waals surface area (Å²) in [6.45, 7) is 0. The van der Waals surface area contributed by atoms with Gasteiger partial charge in [-0.15, -0.1) is 0 Å². The SMILES string of the molecule is O=c1[nH]cnc2oc(-c3ccco3)cc12. The number of H-pyrrole nitrogens is 1. The number of aromatic nitrogens is 2. The molecule has 0 aliphatic carbocycles. The molecule has 15 heavy (non-hydrogen) atoms. The topological polar surface area (TPSA) is 72.0 Å². The molecule has 5 nitrogen and oxygen atoms in total. The highest BCUT2D eigenvalue weighted by atomic mass is 16.4. The zero-order valence-electron chi connectivity index (χ0n) is 7.56. The lowest BCUT2D eigenvalue weighted by molar-refractivity contribution is 0.538. The summed E-state index contributed by atoms with van der Waals surface area (Å²) >= 11 is 0. The first kappa shape index (κ1) is 8.05. The Morgan fingerprint density at radius 1 is 1.33 bits per heavy atom. The molecule has 0 radical (unpaired) electrons. The van der Waals surface area contributed by atoms with Crippen LogP contribution in [0.1, 0.15) is 0 Å². The van der Waals surface area contributed by atoms with Crippen molar-refractivity contribution in [1.29, 1.82) is 0 Å². The van der Waals surface area contributed by atoms with Gasteiger partial charge in [0.25, 0.3) is 5.56 Å². The molecule has 0 saturated carbocycles. The van der Waals surface area contributed by atoms with Gasteiger partial charge < -0.3 is 13.8 Å². The van der Waals surface area contributed by atoms with Crippen LogP contribution in [-0.4, -0.2) is 9.97 Å². The number of hydrogen-bond donors (Lipinski definition) is 1. The zero-order chi connectivity index (χ0) is 10.3. The lowest BCUT2D eigenvalue weighted by atomic mass is 10.3. The molecule has 0 unspecified atom stereocenters. The molecule has 3 rings (SSSR count). The Balaban J connectivity index is 2.32. The summed E-state index contributed by atoms with van der Waals surface area (Å²) in [5, 5.41) is 0.420. The minimum absolute atomic E-state index is 0.221. The van der Waals surface area contributed by atoms with E-state index in [9.17, 15) is 4.79 Å². The van der Waals surface area contributed by atoms with E-state index in [1.54, 1.807) is 24.5 Å². The molecule has 1 N–H and O–H groups in total. The quantitative estimate of drug-likeness (QED) is 0.652. The smallest absolute Gasteiger partial charge is 0.262 e. The third-order valence-electron chi connectivity index (χ3n) is 2.10. The standard InChI is InChI=1S/C10H6N2O3/c13-9-6-4-8(7-2-1-3-14-7)15-10(6)12-5-11-9/h1-5H,(H,11,12,13). The maximum atomic E-state index is 11.4. The first-order chi connectivity index (χ1) is 7.34. The molecule has 3 heterocycles. The number of nitrogens with one attached hydrogen (secondary N) is 1. The fourth-order valence-corrected chi connectivity index (χ4v) is 1.41. The highest BCUT2D eigenvalue weighted by Gasteiger charge is 2.10. The van der Waals surface area contributed by atoms with Gasteiger partial charge in [-0.2, -0.15) is 0 Å². The van der Waals surface area contributed by atoms with E-state index < -0.39 is 0 Å². The normalized spacial score (nSPS) is 10.9. The van der Waals surface area contributed by atoms with Gasteiger partial charge in [-0.25, -0.2) is 4.98 Å². The van der Waals surface area contributed by atoms with Crippen molar-refractivity contribution < 1.29 is 8.83 Å². The Kier molecular flexibility index (Phi) is 1.53. The van der Waals surface area contributed by atoms with E-state index in [0.29, 0.717) is 22.6 Å². The highest BCUT2D eigenvalue weighted by Crippen LogP contribution is 2.24. The van der Waals surface area contributed by atoms with E-state index in [1.807, 2.05) is 0 Å². The van der Waals surface area contributed by atoms with Crippen molar-refractivity contribution in [2.75, 3.05) is 0 Å². The number of aromatic amines is 1. The number of fused-ring (bicyclic) bond motifs is 1. The average molecular weight is 202 g/mol. The van der Waals surface area contributed by atoms with Crippen LogP contribution in [0.15, 0.2) is 44.4 Å². The van der Waals surface area contributed by atoms with Crippen molar-refractivity contribution in [3.8, 4) is 11.5 Å². The molecule has 0 atom stereocenters. The molecule has 0 spiro atoms. The maximum absolute atomic E-state index is 11.4. The molecule has 3 aromatic rings. The second-order valence-corrected chi connectivity index (χ2v) is 3.04. The molecular formula is C10H6N2O3. The predicted molar refractivity (Wildman–Crippen MR) is 52.3 cm³/mol. The van der Waals surface area contributed by atoms with Gasteiger partial charge in [-0.1, -0.05) is 0 Å². The molecule has 0 aliphatic rings.